The van der Waals surface area contributed by atoms with E-state index in [0.29, 0.717) is 6.42 Å². The van der Waals surface area contributed by atoms with E-state index >= 15 is 0 Å². The van der Waals surface area contributed by atoms with Gasteiger partial charge in [-0.25, -0.2) is 14.5 Å². The van der Waals surface area contributed by atoms with Gasteiger partial charge in [0.15, 0.2) is 0 Å². The van der Waals surface area contributed by atoms with Crippen LogP contribution in [0.25, 0.3) is 16.6 Å². The number of aromatic nitrogens is 4. The molecule has 3 rings (SSSR count). The van der Waals surface area contributed by atoms with E-state index in [-0.39, 0.29) is 5.95 Å². The fourth-order valence-electron chi connectivity index (χ4n) is 2.65. The second kappa shape index (κ2) is 6.00. The first-order valence-electron chi connectivity index (χ1n) is 7.64. The maximum atomic E-state index is 6.18. The van der Waals surface area contributed by atoms with Crippen molar-refractivity contribution < 1.29 is 0 Å². The molecule has 3 N–H and O–H groups in total. The van der Waals surface area contributed by atoms with Crippen LogP contribution in [-0.4, -0.2) is 27.4 Å². The van der Waals surface area contributed by atoms with Gasteiger partial charge in [0, 0.05) is 23.5 Å². The third kappa shape index (κ3) is 3.25. The number of nitrogen functional groups attached to an aromatic ring is 1. The van der Waals surface area contributed by atoms with Gasteiger partial charge in [0.1, 0.15) is 5.82 Å². The molecule has 0 spiro atoms. The zero-order valence-electron chi connectivity index (χ0n) is 13.8. The van der Waals surface area contributed by atoms with E-state index in [1.54, 1.807) is 16.9 Å². The molecule has 0 unspecified atom stereocenters. The Balaban J connectivity index is 2.13. The summed E-state index contributed by atoms with van der Waals surface area (Å²) in [5.74, 6) is 0.966. The molecule has 3 aromatic rings. The first kappa shape index (κ1) is 16.0. The Labute approximate surface area is 142 Å². The van der Waals surface area contributed by atoms with Crippen molar-refractivity contribution in [2.45, 2.75) is 25.6 Å². The predicted molar refractivity (Wildman–Crippen MR) is 97.9 cm³/mol. The molecule has 0 aliphatic heterocycles. The van der Waals surface area contributed by atoms with E-state index in [9.17, 15) is 0 Å². The van der Waals surface area contributed by atoms with Crippen LogP contribution in [0, 0.1) is 0 Å². The molecule has 0 aliphatic rings. The highest BCUT2D eigenvalue weighted by Crippen LogP contribution is 2.32. The number of nitrogens with zero attached hydrogens (tertiary/aromatic N) is 4. The average molecular weight is 318 g/mol. The number of anilines is 2. The summed E-state index contributed by atoms with van der Waals surface area (Å²) < 4.78 is 1.74. The SMILES string of the molecule is [B]C(C)(C)Cc1nc(N)nn2ccc(-c3ccc(NC=C)nc3)c12. The maximum Gasteiger partial charge on any atom is 0.238 e. The first-order valence-corrected chi connectivity index (χ1v) is 7.64. The minimum atomic E-state index is -0.404. The Morgan fingerprint density at radius 2 is 2.17 bits per heavy atom. The Bertz CT molecular complexity index is 876. The molecule has 3 heterocycles. The van der Waals surface area contributed by atoms with Crippen molar-refractivity contribution in [2.75, 3.05) is 11.1 Å². The van der Waals surface area contributed by atoms with E-state index in [0.717, 1.165) is 28.2 Å². The van der Waals surface area contributed by atoms with Gasteiger partial charge in [-0.15, -0.1) is 5.10 Å². The van der Waals surface area contributed by atoms with Crippen LogP contribution in [0.15, 0.2) is 43.4 Å². The number of hydrogen-bond acceptors (Lipinski definition) is 5. The van der Waals surface area contributed by atoms with E-state index in [1.807, 2.05) is 38.2 Å². The van der Waals surface area contributed by atoms with Crippen molar-refractivity contribution in [1.29, 1.82) is 0 Å². The number of nitrogens with two attached hydrogens (primary N) is 1. The Kier molecular flexibility index (Phi) is 4.01. The lowest BCUT2D eigenvalue weighted by Crippen LogP contribution is -2.12. The Morgan fingerprint density at radius 1 is 1.38 bits per heavy atom. The zero-order chi connectivity index (χ0) is 17.3. The van der Waals surface area contributed by atoms with Crippen molar-refractivity contribution in [3.05, 3.63) is 49.1 Å². The van der Waals surface area contributed by atoms with Crippen molar-refractivity contribution in [3.8, 4) is 11.1 Å². The summed E-state index contributed by atoms with van der Waals surface area (Å²) >= 11 is 0. The van der Waals surface area contributed by atoms with Gasteiger partial charge in [-0.05, 0) is 30.8 Å². The quantitative estimate of drug-likeness (QED) is 0.707. The number of hydrogen-bond donors (Lipinski definition) is 2. The summed E-state index contributed by atoms with van der Waals surface area (Å²) in [5, 5.41) is 6.81. The third-order valence-corrected chi connectivity index (χ3v) is 3.55. The summed E-state index contributed by atoms with van der Waals surface area (Å²) in [6, 6.07) is 5.86. The summed E-state index contributed by atoms with van der Waals surface area (Å²) in [6.07, 6.45) is 5.85. The van der Waals surface area contributed by atoms with E-state index in [1.165, 1.54) is 0 Å². The summed E-state index contributed by atoms with van der Waals surface area (Å²) in [5.41, 5.74) is 9.51. The fraction of sp³-hybridized carbons (Fsp3) is 0.235. The van der Waals surface area contributed by atoms with Gasteiger partial charge in [-0.1, -0.05) is 25.7 Å². The molecular weight excluding hydrogens is 299 g/mol. The van der Waals surface area contributed by atoms with Gasteiger partial charge >= 0.3 is 0 Å². The van der Waals surface area contributed by atoms with Gasteiger partial charge in [-0.2, -0.15) is 0 Å². The molecule has 120 valence electrons. The summed E-state index contributed by atoms with van der Waals surface area (Å²) in [7, 11) is 6.18. The molecule has 0 amide bonds. The van der Waals surface area contributed by atoms with Crippen LogP contribution >= 0.6 is 0 Å². The minimum Gasteiger partial charge on any atom is -0.367 e. The molecule has 0 saturated heterocycles. The molecule has 0 saturated carbocycles. The molecule has 7 heteroatoms. The molecular formula is C17H19BN6. The van der Waals surface area contributed by atoms with Crippen molar-refractivity contribution >= 4 is 25.1 Å². The van der Waals surface area contributed by atoms with Crippen LogP contribution in [0.1, 0.15) is 19.5 Å². The van der Waals surface area contributed by atoms with E-state index < -0.39 is 5.31 Å². The topological polar surface area (TPSA) is 81.1 Å². The van der Waals surface area contributed by atoms with Crippen molar-refractivity contribution in [3.63, 3.8) is 0 Å². The van der Waals surface area contributed by atoms with Crippen LogP contribution < -0.4 is 11.1 Å². The third-order valence-electron chi connectivity index (χ3n) is 3.55. The van der Waals surface area contributed by atoms with Gasteiger partial charge < -0.3 is 11.1 Å². The lowest BCUT2D eigenvalue weighted by molar-refractivity contribution is 0.661. The van der Waals surface area contributed by atoms with E-state index in [2.05, 4.69) is 27.0 Å². The van der Waals surface area contributed by atoms with E-state index in [4.69, 9.17) is 13.6 Å². The molecule has 0 aliphatic carbocycles. The molecule has 0 atom stereocenters. The molecule has 3 aromatic heterocycles. The summed E-state index contributed by atoms with van der Waals surface area (Å²) in [4.78, 5) is 8.78. The molecule has 2 radical (unpaired) electrons. The lowest BCUT2D eigenvalue weighted by Gasteiger charge is -2.19. The number of rotatable bonds is 5. The second-order valence-corrected chi connectivity index (χ2v) is 6.39. The standard InChI is InChI=1S/C17H19BN6/c1-4-20-14-6-5-11(10-21-14)12-7-8-24-15(12)13(9-17(2,3)18)22-16(19)23-24/h4-8,10H,1,9H2,2-3H3,(H2,19,23)(H,20,21). The van der Waals surface area contributed by atoms with Gasteiger partial charge in [0.25, 0.3) is 0 Å². The smallest absolute Gasteiger partial charge is 0.238 e. The predicted octanol–water partition coefficient (Wildman–Crippen LogP) is 2.84. The maximum absolute atomic E-state index is 6.18. The highest BCUT2D eigenvalue weighted by Gasteiger charge is 2.19. The fourth-order valence-corrected chi connectivity index (χ4v) is 2.65. The van der Waals surface area contributed by atoms with Gasteiger partial charge in [0.2, 0.25) is 5.95 Å². The Morgan fingerprint density at radius 3 is 2.79 bits per heavy atom. The van der Waals surface area contributed by atoms with Gasteiger partial charge in [0.05, 0.1) is 19.1 Å². The number of pyridine rings is 1. The average Bonchev–Trinajstić information content (AvgIpc) is 2.90. The normalized spacial score (nSPS) is 11.6. The largest absolute Gasteiger partial charge is 0.367 e. The lowest BCUT2D eigenvalue weighted by atomic mass is 9.69. The van der Waals surface area contributed by atoms with Crippen LogP contribution in [0.3, 0.4) is 0 Å². The van der Waals surface area contributed by atoms with Crippen LogP contribution in [0.5, 0.6) is 0 Å². The van der Waals surface area contributed by atoms with Crippen LogP contribution in [0.2, 0.25) is 5.31 Å². The first-order chi connectivity index (χ1) is 11.4. The van der Waals surface area contributed by atoms with Crippen LogP contribution in [-0.2, 0) is 6.42 Å². The molecule has 6 nitrogen and oxygen atoms in total. The van der Waals surface area contributed by atoms with Gasteiger partial charge in [-0.3, -0.25) is 0 Å². The summed E-state index contributed by atoms with van der Waals surface area (Å²) in [6.45, 7) is 7.55. The highest BCUT2D eigenvalue weighted by atomic mass is 15.3. The molecule has 0 fully saturated rings. The number of nitrogens with one attached hydrogen (secondary N) is 1. The number of fused-ring (bicyclic) bond motifs is 1. The zero-order valence-corrected chi connectivity index (χ0v) is 13.8. The molecule has 0 bridgehead atoms. The van der Waals surface area contributed by atoms with Crippen LogP contribution in [0.4, 0.5) is 11.8 Å². The highest BCUT2D eigenvalue weighted by molar-refractivity contribution is 6.14. The van der Waals surface area contributed by atoms with Crippen molar-refractivity contribution in [1.82, 2.24) is 19.6 Å². The van der Waals surface area contributed by atoms with Crippen molar-refractivity contribution in [2.24, 2.45) is 0 Å². The Hall–Kier alpha value is -2.83. The minimum absolute atomic E-state index is 0.229. The monoisotopic (exact) mass is 318 g/mol. The second-order valence-electron chi connectivity index (χ2n) is 6.39. The molecule has 24 heavy (non-hydrogen) atoms. The molecule has 0 aromatic carbocycles.